The van der Waals surface area contributed by atoms with Gasteiger partial charge in [-0.05, 0) is 48.6 Å². The average molecular weight is 362 g/mol. The lowest BCUT2D eigenvalue weighted by Gasteiger charge is -2.18. The average Bonchev–Trinajstić information content (AvgIpc) is 3.00. The zero-order valence-corrected chi connectivity index (χ0v) is 15.9. The number of hydrogen-bond donors (Lipinski definition) is 1. The van der Waals surface area contributed by atoms with E-state index in [9.17, 15) is 4.79 Å². The second-order valence-electron chi connectivity index (χ2n) is 5.76. The Hall–Kier alpha value is -1.89. The van der Waals surface area contributed by atoms with E-state index in [0.717, 1.165) is 11.3 Å². The Morgan fingerprint density at radius 2 is 2.04 bits per heavy atom. The summed E-state index contributed by atoms with van der Waals surface area (Å²) < 4.78 is 10.8. The largest absolute Gasteiger partial charge is 0.379 e. The van der Waals surface area contributed by atoms with Crippen molar-refractivity contribution in [1.82, 2.24) is 4.90 Å². The van der Waals surface area contributed by atoms with E-state index in [1.54, 1.807) is 23.3 Å². The summed E-state index contributed by atoms with van der Waals surface area (Å²) in [5, 5.41) is 4.98. The third-order valence-corrected chi connectivity index (χ3v) is 4.73. The predicted octanol–water partition coefficient (Wildman–Crippen LogP) is 4.27. The maximum atomic E-state index is 12.4. The zero-order valence-electron chi connectivity index (χ0n) is 15.1. The summed E-state index contributed by atoms with van der Waals surface area (Å²) in [6.07, 6.45) is 0. The van der Waals surface area contributed by atoms with Crippen molar-refractivity contribution >= 4 is 23.1 Å². The van der Waals surface area contributed by atoms with Crippen molar-refractivity contribution in [2.45, 2.75) is 27.0 Å². The van der Waals surface area contributed by atoms with Gasteiger partial charge < -0.3 is 19.7 Å². The first-order chi connectivity index (χ1) is 12.1. The van der Waals surface area contributed by atoms with Crippen LogP contribution in [0.2, 0.25) is 0 Å². The minimum atomic E-state index is -0.123. The first kappa shape index (κ1) is 19.4. The van der Waals surface area contributed by atoms with Crippen LogP contribution in [-0.4, -0.2) is 37.8 Å². The molecule has 1 aromatic carbocycles. The molecule has 0 fully saturated rings. The Kier molecular flexibility index (Phi) is 7.91. The van der Waals surface area contributed by atoms with Gasteiger partial charge in [-0.1, -0.05) is 12.1 Å². The van der Waals surface area contributed by atoms with Crippen molar-refractivity contribution in [3.63, 3.8) is 0 Å². The number of hydrogen-bond acceptors (Lipinski definition) is 4. The molecule has 0 atom stereocenters. The molecule has 0 aliphatic heterocycles. The van der Waals surface area contributed by atoms with E-state index in [1.165, 1.54) is 10.4 Å². The quantitative estimate of drug-likeness (QED) is 0.678. The minimum absolute atomic E-state index is 0.123. The monoisotopic (exact) mass is 362 g/mol. The minimum Gasteiger partial charge on any atom is -0.379 e. The standard InChI is InChI=1S/C19H26N2O3S/c1-4-23-9-10-24-14-16-6-5-7-17(12-16)20-19(22)21(3)13-18-15(2)8-11-25-18/h5-8,11-12H,4,9-10,13-14H2,1-3H3,(H,20,22). The Balaban J connectivity index is 1.83. The molecule has 2 rings (SSSR count). The summed E-state index contributed by atoms with van der Waals surface area (Å²) in [6, 6.07) is 9.66. The highest BCUT2D eigenvalue weighted by Gasteiger charge is 2.11. The van der Waals surface area contributed by atoms with Gasteiger partial charge in [0.15, 0.2) is 0 Å². The zero-order chi connectivity index (χ0) is 18.1. The van der Waals surface area contributed by atoms with E-state index in [-0.39, 0.29) is 6.03 Å². The van der Waals surface area contributed by atoms with Crippen molar-refractivity contribution in [2.24, 2.45) is 0 Å². The van der Waals surface area contributed by atoms with Crippen molar-refractivity contribution in [2.75, 3.05) is 32.2 Å². The summed E-state index contributed by atoms with van der Waals surface area (Å²) >= 11 is 1.67. The van der Waals surface area contributed by atoms with Crippen LogP contribution in [0.3, 0.4) is 0 Å². The number of carbonyl (C=O) groups is 1. The Morgan fingerprint density at radius 1 is 1.24 bits per heavy atom. The molecule has 0 saturated carbocycles. The lowest BCUT2D eigenvalue weighted by molar-refractivity contribution is 0.0453. The number of thiophene rings is 1. The lowest BCUT2D eigenvalue weighted by atomic mass is 10.2. The van der Waals surface area contributed by atoms with Crippen LogP contribution in [0, 0.1) is 6.92 Å². The molecule has 1 heterocycles. The van der Waals surface area contributed by atoms with Gasteiger partial charge in [0.1, 0.15) is 0 Å². The lowest BCUT2D eigenvalue weighted by Crippen LogP contribution is -2.30. The fourth-order valence-corrected chi connectivity index (χ4v) is 3.22. The molecule has 0 saturated heterocycles. The SMILES string of the molecule is CCOCCOCc1cccc(NC(=O)N(C)Cc2sccc2C)c1. The molecule has 0 aliphatic carbocycles. The Morgan fingerprint density at radius 3 is 2.76 bits per heavy atom. The van der Waals surface area contributed by atoms with Gasteiger partial charge in [0.25, 0.3) is 0 Å². The van der Waals surface area contributed by atoms with Crippen LogP contribution in [0.15, 0.2) is 35.7 Å². The van der Waals surface area contributed by atoms with Gasteiger partial charge in [-0.3, -0.25) is 0 Å². The van der Waals surface area contributed by atoms with Crippen LogP contribution >= 0.6 is 11.3 Å². The summed E-state index contributed by atoms with van der Waals surface area (Å²) in [4.78, 5) is 15.3. The Labute approximate surface area is 153 Å². The molecule has 5 nitrogen and oxygen atoms in total. The van der Waals surface area contributed by atoms with Crippen LogP contribution in [0.5, 0.6) is 0 Å². The molecule has 136 valence electrons. The van der Waals surface area contributed by atoms with Gasteiger partial charge in [-0.25, -0.2) is 4.79 Å². The van der Waals surface area contributed by atoms with Crippen LogP contribution < -0.4 is 5.32 Å². The molecule has 2 amide bonds. The van der Waals surface area contributed by atoms with Crippen molar-refractivity contribution in [3.05, 3.63) is 51.7 Å². The normalized spacial score (nSPS) is 10.7. The van der Waals surface area contributed by atoms with E-state index in [0.29, 0.717) is 33.0 Å². The summed E-state index contributed by atoms with van der Waals surface area (Å²) in [7, 11) is 1.80. The van der Waals surface area contributed by atoms with Crippen molar-refractivity contribution < 1.29 is 14.3 Å². The molecule has 0 aliphatic rings. The molecule has 25 heavy (non-hydrogen) atoms. The number of nitrogens with zero attached hydrogens (tertiary/aromatic N) is 1. The van der Waals surface area contributed by atoms with E-state index >= 15 is 0 Å². The second-order valence-corrected chi connectivity index (χ2v) is 6.76. The highest BCUT2D eigenvalue weighted by Crippen LogP contribution is 2.18. The number of carbonyl (C=O) groups excluding carboxylic acids is 1. The third kappa shape index (κ3) is 6.49. The first-order valence-electron chi connectivity index (χ1n) is 8.39. The first-order valence-corrected chi connectivity index (χ1v) is 9.27. The van der Waals surface area contributed by atoms with Crippen LogP contribution in [0.1, 0.15) is 22.9 Å². The van der Waals surface area contributed by atoms with E-state index in [1.807, 2.05) is 36.6 Å². The molecular weight excluding hydrogens is 336 g/mol. The van der Waals surface area contributed by atoms with Gasteiger partial charge in [-0.2, -0.15) is 0 Å². The number of urea groups is 1. The number of anilines is 1. The molecule has 0 radical (unpaired) electrons. The summed E-state index contributed by atoms with van der Waals surface area (Å²) in [6.45, 7) is 6.99. The van der Waals surface area contributed by atoms with E-state index in [2.05, 4.69) is 18.3 Å². The van der Waals surface area contributed by atoms with Crippen molar-refractivity contribution in [3.8, 4) is 0 Å². The molecule has 0 unspecified atom stereocenters. The fraction of sp³-hybridized carbons (Fsp3) is 0.421. The van der Waals surface area contributed by atoms with E-state index in [4.69, 9.17) is 9.47 Å². The fourth-order valence-electron chi connectivity index (χ4n) is 2.26. The second kappa shape index (κ2) is 10.2. The van der Waals surface area contributed by atoms with Gasteiger partial charge in [0.2, 0.25) is 0 Å². The van der Waals surface area contributed by atoms with Gasteiger partial charge in [0, 0.05) is 24.2 Å². The number of ether oxygens (including phenoxy) is 2. The summed E-state index contributed by atoms with van der Waals surface area (Å²) in [5.74, 6) is 0. The highest BCUT2D eigenvalue weighted by molar-refractivity contribution is 7.10. The van der Waals surface area contributed by atoms with Crippen molar-refractivity contribution in [1.29, 1.82) is 0 Å². The molecule has 1 aromatic heterocycles. The molecule has 1 N–H and O–H groups in total. The van der Waals surface area contributed by atoms with E-state index < -0.39 is 0 Å². The smallest absolute Gasteiger partial charge is 0.321 e. The maximum Gasteiger partial charge on any atom is 0.321 e. The molecule has 2 aromatic rings. The van der Waals surface area contributed by atoms with Gasteiger partial charge >= 0.3 is 6.03 Å². The van der Waals surface area contributed by atoms with Crippen LogP contribution in [-0.2, 0) is 22.6 Å². The van der Waals surface area contributed by atoms with Gasteiger partial charge in [-0.15, -0.1) is 11.3 Å². The molecular formula is C19H26N2O3S. The number of nitrogens with one attached hydrogen (secondary N) is 1. The molecule has 0 bridgehead atoms. The maximum absolute atomic E-state index is 12.4. The molecule has 0 spiro atoms. The highest BCUT2D eigenvalue weighted by atomic mass is 32.1. The van der Waals surface area contributed by atoms with Crippen LogP contribution in [0.4, 0.5) is 10.5 Å². The number of amides is 2. The Bertz CT molecular complexity index is 672. The van der Waals surface area contributed by atoms with Crippen LogP contribution in [0.25, 0.3) is 0 Å². The predicted molar refractivity (Wildman–Crippen MR) is 102 cm³/mol. The summed E-state index contributed by atoms with van der Waals surface area (Å²) in [5.41, 5.74) is 3.01. The number of aryl methyl sites for hydroxylation is 1. The number of benzene rings is 1. The molecule has 6 heteroatoms. The third-order valence-electron chi connectivity index (χ3n) is 3.72. The number of rotatable bonds is 9. The topological polar surface area (TPSA) is 50.8 Å². The van der Waals surface area contributed by atoms with Gasteiger partial charge in [0.05, 0.1) is 26.4 Å².